The first-order valence-electron chi connectivity index (χ1n) is 20.5. The third kappa shape index (κ3) is 4.63. The van der Waals surface area contributed by atoms with Crippen LogP contribution in [-0.2, 0) is 5.41 Å². The number of pyridine rings is 2. The Morgan fingerprint density at radius 2 is 1.23 bits per heavy atom. The van der Waals surface area contributed by atoms with Gasteiger partial charge in [-0.05, 0) is 113 Å². The molecule has 60 heavy (non-hydrogen) atoms. The molecule has 0 saturated carbocycles. The number of aromatic nitrogens is 3. The highest BCUT2D eigenvalue weighted by molar-refractivity contribution is 6.16. The predicted molar refractivity (Wildman–Crippen MR) is 244 cm³/mol. The topological polar surface area (TPSA) is 54.2 Å². The number of rotatable bonds is 5. The Bertz CT molecular complexity index is 3320. The average Bonchev–Trinajstić information content (AvgIpc) is 3.89. The van der Waals surface area contributed by atoms with Crippen LogP contribution in [0.4, 0.5) is 17.2 Å². The lowest BCUT2D eigenvalue weighted by Gasteiger charge is -2.30. The van der Waals surface area contributed by atoms with Gasteiger partial charge in [-0.2, -0.15) is 0 Å². The summed E-state index contributed by atoms with van der Waals surface area (Å²) >= 11 is 0. The quantitative estimate of drug-likeness (QED) is 0.189. The number of aryl methyl sites for hydroxylation is 2. The minimum atomic E-state index is -0.634. The largest absolute Gasteiger partial charge is 0.507 e. The van der Waals surface area contributed by atoms with E-state index in [0.717, 1.165) is 72.6 Å². The van der Waals surface area contributed by atoms with Crippen LogP contribution in [0.15, 0.2) is 188 Å². The monoisotopic (exact) mass is 770 g/mol. The summed E-state index contributed by atoms with van der Waals surface area (Å²) in [5.74, 6) is 0.966. The number of hydrogen-bond donors (Lipinski definition) is 1. The Morgan fingerprint density at radius 3 is 2.02 bits per heavy atom. The zero-order valence-corrected chi connectivity index (χ0v) is 33.1. The van der Waals surface area contributed by atoms with E-state index >= 15 is 0 Å². The van der Waals surface area contributed by atoms with Gasteiger partial charge < -0.3 is 9.67 Å². The van der Waals surface area contributed by atoms with Crippen molar-refractivity contribution in [1.82, 2.24) is 14.5 Å². The van der Waals surface area contributed by atoms with E-state index in [-0.39, 0.29) is 5.75 Å². The third-order valence-corrected chi connectivity index (χ3v) is 12.8. The van der Waals surface area contributed by atoms with Crippen molar-refractivity contribution in [1.29, 1.82) is 0 Å². The molecule has 1 N–H and O–H groups in total. The predicted octanol–water partition coefficient (Wildman–Crippen LogP) is 13.4. The van der Waals surface area contributed by atoms with Gasteiger partial charge in [-0.3, -0.25) is 9.88 Å². The van der Waals surface area contributed by atoms with Crippen LogP contribution in [0.25, 0.3) is 61.1 Å². The maximum absolute atomic E-state index is 11.9. The van der Waals surface area contributed by atoms with Gasteiger partial charge in [0.05, 0.1) is 39.2 Å². The lowest BCUT2D eigenvalue weighted by atomic mass is 9.71. The number of benzene rings is 7. The Kier molecular flexibility index (Phi) is 7.36. The van der Waals surface area contributed by atoms with Crippen LogP contribution in [0.1, 0.15) is 33.4 Å². The number of phenolic OH excluding ortho intramolecular Hbond substituents is 1. The van der Waals surface area contributed by atoms with Gasteiger partial charge in [-0.25, -0.2) is 4.98 Å². The summed E-state index contributed by atoms with van der Waals surface area (Å²) in [5, 5.41) is 14.2. The number of para-hydroxylation sites is 2. The molecule has 10 aromatic rings. The Hall–Kier alpha value is -7.76. The van der Waals surface area contributed by atoms with Crippen molar-refractivity contribution in [3.8, 4) is 45.1 Å². The fourth-order valence-electron chi connectivity index (χ4n) is 10.4. The summed E-state index contributed by atoms with van der Waals surface area (Å²) in [5.41, 5.74) is 17.6. The van der Waals surface area contributed by atoms with E-state index in [1.54, 1.807) is 6.07 Å². The molecule has 2 aliphatic carbocycles. The molecule has 3 aromatic heterocycles. The molecule has 0 fully saturated rings. The molecular formula is C55H38N4O. The normalized spacial score (nSPS) is 13.0. The maximum Gasteiger partial charge on any atom is 0.138 e. The molecule has 0 aliphatic heterocycles. The van der Waals surface area contributed by atoms with Gasteiger partial charge in [0.1, 0.15) is 11.6 Å². The van der Waals surface area contributed by atoms with Crippen LogP contribution in [0.2, 0.25) is 0 Å². The number of aromatic hydroxyl groups is 1. The molecule has 0 atom stereocenters. The fourth-order valence-corrected chi connectivity index (χ4v) is 10.4. The van der Waals surface area contributed by atoms with Crippen LogP contribution in [0.5, 0.6) is 5.75 Å². The second-order valence-corrected chi connectivity index (χ2v) is 16.0. The smallest absolute Gasteiger partial charge is 0.138 e. The molecule has 0 bridgehead atoms. The first-order chi connectivity index (χ1) is 29.5. The van der Waals surface area contributed by atoms with E-state index in [1.165, 1.54) is 39.1 Å². The van der Waals surface area contributed by atoms with E-state index < -0.39 is 5.41 Å². The van der Waals surface area contributed by atoms with Crippen LogP contribution in [0, 0.1) is 13.8 Å². The second kappa shape index (κ2) is 12.9. The van der Waals surface area contributed by atoms with Crippen LogP contribution in [-0.4, -0.2) is 19.6 Å². The first-order valence-corrected chi connectivity index (χ1v) is 20.5. The molecule has 0 saturated heterocycles. The number of hydrogen-bond acceptors (Lipinski definition) is 4. The lowest BCUT2D eigenvalue weighted by Crippen LogP contribution is -2.26. The number of anilines is 3. The molecule has 0 amide bonds. The van der Waals surface area contributed by atoms with Crippen molar-refractivity contribution >= 4 is 39.0 Å². The maximum atomic E-state index is 11.9. The van der Waals surface area contributed by atoms with Gasteiger partial charge in [0, 0.05) is 33.8 Å². The third-order valence-electron chi connectivity index (χ3n) is 12.8. The summed E-state index contributed by atoms with van der Waals surface area (Å²) in [6.07, 6.45) is 1.84. The Labute approximate surface area is 348 Å². The van der Waals surface area contributed by atoms with Gasteiger partial charge in [-0.1, -0.05) is 127 Å². The lowest BCUT2D eigenvalue weighted by molar-refractivity contribution is 0.476. The zero-order chi connectivity index (χ0) is 40.1. The SMILES string of the molecule is Cc1cccc(C)c1-n1c2ccccc2c2c(N(c3cccc(-c4ccccn4)c3)c3ccc4c(n3)-c3c(O)cccc3C43c4ccccc4-c4ccccc43)cccc21. The molecular weight excluding hydrogens is 733 g/mol. The van der Waals surface area contributed by atoms with Crippen LogP contribution >= 0.6 is 0 Å². The van der Waals surface area contributed by atoms with Crippen molar-refractivity contribution < 1.29 is 5.11 Å². The molecule has 5 nitrogen and oxygen atoms in total. The van der Waals surface area contributed by atoms with Gasteiger partial charge in [0.25, 0.3) is 0 Å². The first kappa shape index (κ1) is 34.3. The van der Waals surface area contributed by atoms with Crippen LogP contribution < -0.4 is 4.90 Å². The highest BCUT2D eigenvalue weighted by Crippen LogP contribution is 2.64. The highest BCUT2D eigenvalue weighted by Gasteiger charge is 2.53. The number of fused-ring (bicyclic) bond motifs is 13. The van der Waals surface area contributed by atoms with Crippen molar-refractivity contribution in [2.75, 3.05) is 4.90 Å². The summed E-state index contributed by atoms with van der Waals surface area (Å²) in [6.45, 7) is 4.38. The van der Waals surface area contributed by atoms with E-state index in [2.05, 4.69) is 175 Å². The fraction of sp³-hybridized carbons (Fsp3) is 0.0545. The van der Waals surface area contributed by atoms with Crippen molar-refractivity contribution in [3.63, 3.8) is 0 Å². The van der Waals surface area contributed by atoms with Gasteiger partial charge in [-0.15, -0.1) is 0 Å². The summed E-state index contributed by atoms with van der Waals surface area (Å²) in [7, 11) is 0. The van der Waals surface area contributed by atoms with Crippen molar-refractivity contribution in [3.05, 3.63) is 222 Å². The molecule has 5 heteroatoms. The van der Waals surface area contributed by atoms with Crippen LogP contribution in [0.3, 0.4) is 0 Å². The van der Waals surface area contributed by atoms with Gasteiger partial charge >= 0.3 is 0 Å². The van der Waals surface area contributed by atoms with Gasteiger partial charge in [0.2, 0.25) is 0 Å². The van der Waals surface area contributed by atoms with E-state index in [9.17, 15) is 5.11 Å². The highest BCUT2D eigenvalue weighted by atomic mass is 16.3. The molecule has 1 spiro atoms. The van der Waals surface area contributed by atoms with E-state index in [1.807, 2.05) is 30.5 Å². The Balaban J connectivity index is 1.17. The van der Waals surface area contributed by atoms with Gasteiger partial charge in [0.15, 0.2) is 0 Å². The zero-order valence-electron chi connectivity index (χ0n) is 33.1. The average molecular weight is 771 g/mol. The van der Waals surface area contributed by atoms with Crippen molar-refractivity contribution in [2.24, 2.45) is 0 Å². The van der Waals surface area contributed by atoms with E-state index in [0.29, 0.717) is 0 Å². The molecule has 2 aliphatic rings. The van der Waals surface area contributed by atoms with Crippen molar-refractivity contribution in [2.45, 2.75) is 19.3 Å². The molecule has 284 valence electrons. The molecule has 0 unspecified atom stereocenters. The molecule has 0 radical (unpaired) electrons. The number of nitrogens with zero attached hydrogens (tertiary/aromatic N) is 4. The second-order valence-electron chi connectivity index (χ2n) is 16.0. The summed E-state index contributed by atoms with van der Waals surface area (Å²) < 4.78 is 2.42. The standard InChI is InChI=1S/C55H38N4O/c1-34-15-11-16-35(2)54(34)59-46-26-8-5-21-40(46)51-47(27-14-28-48(51)59)58(37-18-12-17-36(33-37)45-25-9-10-32-56-45)50-31-30-44-53(57-50)52-43(24-13-29-49(52)60)55(44)41-22-6-3-19-38(41)39-20-4-7-23-42(39)55/h3-33,60H,1-2H3. The minimum Gasteiger partial charge on any atom is -0.507 e. The Morgan fingerprint density at radius 1 is 0.567 bits per heavy atom. The number of phenols is 1. The van der Waals surface area contributed by atoms with E-state index in [4.69, 9.17) is 9.97 Å². The summed E-state index contributed by atoms with van der Waals surface area (Å²) in [4.78, 5) is 12.7. The summed E-state index contributed by atoms with van der Waals surface area (Å²) in [6, 6.07) is 64.2. The molecule has 3 heterocycles. The molecule has 7 aromatic carbocycles. The minimum absolute atomic E-state index is 0.222. The molecule has 12 rings (SSSR count).